The van der Waals surface area contributed by atoms with Gasteiger partial charge in [0.15, 0.2) is 0 Å². The van der Waals surface area contributed by atoms with Crippen LogP contribution in [0.2, 0.25) is 0 Å². The van der Waals surface area contributed by atoms with Gasteiger partial charge in [-0.25, -0.2) is 9.97 Å². The molecule has 1 aromatic carbocycles. The molecule has 0 aliphatic carbocycles. The average molecular weight is 425 g/mol. The van der Waals surface area contributed by atoms with Crippen molar-refractivity contribution in [1.29, 1.82) is 0 Å². The first-order chi connectivity index (χ1) is 15.5. The van der Waals surface area contributed by atoms with E-state index >= 15 is 0 Å². The Bertz CT molecular complexity index is 1420. The van der Waals surface area contributed by atoms with E-state index in [1.807, 2.05) is 29.7 Å². The molecule has 160 valence electrons. The first-order valence-electron chi connectivity index (χ1n) is 10.5. The Balaban J connectivity index is 1.67. The summed E-state index contributed by atoms with van der Waals surface area (Å²) in [7, 11) is 0. The van der Waals surface area contributed by atoms with E-state index in [1.165, 1.54) is 0 Å². The molecule has 4 aromatic heterocycles. The number of carbonyl (C=O) groups is 1. The molecular formula is C24H23N7O. The lowest BCUT2D eigenvalue weighted by Crippen LogP contribution is -2.26. The van der Waals surface area contributed by atoms with Gasteiger partial charge in [-0.05, 0) is 39.0 Å². The molecule has 0 bridgehead atoms. The summed E-state index contributed by atoms with van der Waals surface area (Å²) in [4.78, 5) is 30.8. The van der Waals surface area contributed by atoms with Crippen molar-refractivity contribution in [3.05, 3.63) is 78.3 Å². The maximum absolute atomic E-state index is 13.3. The van der Waals surface area contributed by atoms with Gasteiger partial charge in [-0.1, -0.05) is 18.2 Å². The quantitative estimate of drug-likeness (QED) is 0.460. The van der Waals surface area contributed by atoms with Gasteiger partial charge in [0, 0.05) is 30.0 Å². The molecule has 0 aliphatic rings. The molecular weight excluding hydrogens is 402 g/mol. The van der Waals surface area contributed by atoms with E-state index in [4.69, 9.17) is 0 Å². The summed E-state index contributed by atoms with van der Waals surface area (Å²) in [6, 6.07) is 12.1. The molecule has 1 N–H and O–H groups in total. The normalized spacial score (nSPS) is 11.5. The van der Waals surface area contributed by atoms with Crippen LogP contribution in [0.5, 0.6) is 0 Å². The van der Waals surface area contributed by atoms with E-state index in [-0.39, 0.29) is 18.5 Å². The summed E-state index contributed by atoms with van der Waals surface area (Å²) < 4.78 is 4.08. The highest BCUT2D eigenvalue weighted by molar-refractivity contribution is 6.11. The molecule has 0 atom stereocenters. The van der Waals surface area contributed by atoms with Crippen LogP contribution in [0.15, 0.2) is 61.2 Å². The molecule has 32 heavy (non-hydrogen) atoms. The highest BCUT2D eigenvalue weighted by Crippen LogP contribution is 2.35. The Hall–Kier alpha value is -4.07. The highest BCUT2D eigenvalue weighted by Gasteiger charge is 2.24. The number of carbonyl (C=O) groups excluding carboxylic acids is 1. The van der Waals surface area contributed by atoms with E-state index in [0.29, 0.717) is 17.3 Å². The van der Waals surface area contributed by atoms with Crippen molar-refractivity contribution in [2.75, 3.05) is 0 Å². The van der Waals surface area contributed by atoms with Gasteiger partial charge < -0.3 is 9.88 Å². The first-order valence-corrected chi connectivity index (χ1v) is 10.5. The van der Waals surface area contributed by atoms with Crippen LogP contribution in [-0.4, -0.2) is 35.0 Å². The van der Waals surface area contributed by atoms with Gasteiger partial charge in [-0.2, -0.15) is 0 Å². The molecule has 1 amide bonds. The number of para-hydroxylation sites is 1. The molecule has 0 saturated carbocycles. The van der Waals surface area contributed by atoms with Crippen molar-refractivity contribution in [2.24, 2.45) is 0 Å². The molecule has 0 aliphatic heterocycles. The van der Waals surface area contributed by atoms with Crippen molar-refractivity contribution in [3.63, 3.8) is 0 Å². The van der Waals surface area contributed by atoms with Crippen LogP contribution in [0.4, 0.5) is 0 Å². The zero-order chi connectivity index (χ0) is 22.2. The monoisotopic (exact) mass is 425 g/mol. The van der Waals surface area contributed by atoms with Crippen LogP contribution in [-0.2, 0) is 6.54 Å². The third kappa shape index (κ3) is 3.30. The Labute approximate surface area is 185 Å². The van der Waals surface area contributed by atoms with Crippen molar-refractivity contribution < 1.29 is 4.79 Å². The van der Waals surface area contributed by atoms with E-state index in [9.17, 15) is 4.79 Å². The number of nitrogens with one attached hydrogen (secondary N) is 1. The maximum atomic E-state index is 13.3. The number of rotatable bonds is 5. The van der Waals surface area contributed by atoms with Gasteiger partial charge in [-0.15, -0.1) is 0 Å². The van der Waals surface area contributed by atoms with Crippen molar-refractivity contribution >= 4 is 27.8 Å². The van der Waals surface area contributed by atoms with Crippen LogP contribution >= 0.6 is 0 Å². The van der Waals surface area contributed by atoms with E-state index in [2.05, 4.69) is 55.8 Å². The molecule has 8 heteroatoms. The predicted molar refractivity (Wildman–Crippen MR) is 123 cm³/mol. The predicted octanol–water partition coefficient (Wildman–Crippen LogP) is 3.98. The van der Waals surface area contributed by atoms with E-state index in [1.54, 1.807) is 30.9 Å². The molecule has 0 fully saturated rings. The molecule has 8 nitrogen and oxygen atoms in total. The fourth-order valence-corrected chi connectivity index (χ4v) is 4.06. The lowest BCUT2D eigenvalue weighted by atomic mass is 10.2. The summed E-state index contributed by atoms with van der Waals surface area (Å²) >= 11 is 0. The summed E-state index contributed by atoms with van der Waals surface area (Å²) in [6.07, 6.45) is 6.72. The highest BCUT2D eigenvalue weighted by atomic mass is 16.1. The van der Waals surface area contributed by atoms with Crippen LogP contribution in [0, 0.1) is 6.92 Å². The van der Waals surface area contributed by atoms with E-state index in [0.717, 1.165) is 27.6 Å². The fraction of sp³-hybridized carbons (Fsp3) is 0.208. The van der Waals surface area contributed by atoms with Crippen LogP contribution in [0.3, 0.4) is 0 Å². The van der Waals surface area contributed by atoms with Crippen LogP contribution < -0.4 is 5.32 Å². The Morgan fingerprint density at radius 2 is 1.78 bits per heavy atom. The summed E-state index contributed by atoms with van der Waals surface area (Å²) in [6.45, 7) is 6.43. The lowest BCUT2D eigenvalue weighted by Gasteiger charge is -2.11. The number of hydrogen-bond donors (Lipinski definition) is 1. The van der Waals surface area contributed by atoms with Gasteiger partial charge in [0.25, 0.3) is 5.91 Å². The van der Waals surface area contributed by atoms with Gasteiger partial charge in [0.05, 0.1) is 40.7 Å². The molecule has 5 rings (SSSR count). The van der Waals surface area contributed by atoms with Gasteiger partial charge in [0.2, 0.25) is 5.95 Å². The molecule has 4 heterocycles. The Morgan fingerprint density at radius 3 is 2.50 bits per heavy atom. The average Bonchev–Trinajstić information content (AvgIpc) is 3.34. The number of fused-ring (bicyclic) bond motifs is 3. The SMILES string of the molecule is Cc1cnc(CNC(=O)c2cc3c(c4ccccc4n3C(C)C)n2-c2ncccn2)cn1. The maximum Gasteiger partial charge on any atom is 0.268 e. The fourth-order valence-electron chi connectivity index (χ4n) is 4.06. The first kappa shape index (κ1) is 19.9. The minimum absolute atomic E-state index is 0.212. The van der Waals surface area contributed by atoms with Gasteiger partial charge in [0.1, 0.15) is 5.69 Å². The molecule has 0 unspecified atom stereocenters. The molecule has 0 radical (unpaired) electrons. The number of hydrogen-bond acceptors (Lipinski definition) is 5. The van der Waals surface area contributed by atoms with Crippen LogP contribution in [0.1, 0.15) is 41.8 Å². The largest absolute Gasteiger partial charge is 0.345 e. The van der Waals surface area contributed by atoms with Crippen molar-refractivity contribution in [2.45, 2.75) is 33.4 Å². The van der Waals surface area contributed by atoms with Crippen molar-refractivity contribution in [3.8, 4) is 5.95 Å². The summed E-state index contributed by atoms with van der Waals surface area (Å²) in [5.41, 5.74) is 4.99. The third-order valence-electron chi connectivity index (χ3n) is 5.42. The third-order valence-corrected chi connectivity index (χ3v) is 5.42. The van der Waals surface area contributed by atoms with Gasteiger partial charge in [-0.3, -0.25) is 19.3 Å². The minimum Gasteiger partial charge on any atom is -0.345 e. The number of aryl methyl sites for hydroxylation is 1. The second-order valence-electron chi connectivity index (χ2n) is 7.96. The van der Waals surface area contributed by atoms with E-state index < -0.39 is 0 Å². The summed E-state index contributed by atoms with van der Waals surface area (Å²) in [5, 5.41) is 4.01. The topological polar surface area (TPSA) is 90.5 Å². The zero-order valence-electron chi connectivity index (χ0n) is 18.1. The number of benzene rings is 1. The Kier molecular flexibility index (Phi) is 4.89. The summed E-state index contributed by atoms with van der Waals surface area (Å²) in [5.74, 6) is 0.227. The van der Waals surface area contributed by atoms with Crippen molar-refractivity contribution in [1.82, 2.24) is 34.4 Å². The second kappa shape index (κ2) is 7.88. The molecule has 0 saturated heterocycles. The smallest absolute Gasteiger partial charge is 0.268 e. The van der Waals surface area contributed by atoms with Gasteiger partial charge >= 0.3 is 0 Å². The standard InChI is InChI=1S/C24H23N7O/c1-15(2)30-19-8-5-4-7-18(19)22-20(30)11-21(31(22)24-25-9-6-10-26-24)23(32)29-14-17-13-27-16(3)12-28-17/h4-13,15H,14H2,1-3H3,(H,29,32). The lowest BCUT2D eigenvalue weighted by molar-refractivity contribution is 0.0943. The second-order valence-corrected chi connectivity index (χ2v) is 7.96. The minimum atomic E-state index is -0.226. The number of amides is 1. The zero-order valence-corrected chi connectivity index (χ0v) is 18.1. The van der Waals surface area contributed by atoms with Crippen LogP contribution in [0.25, 0.3) is 27.9 Å². The molecule has 5 aromatic rings. The number of aromatic nitrogens is 6. The number of nitrogens with zero attached hydrogens (tertiary/aromatic N) is 6. The Morgan fingerprint density at radius 1 is 1.00 bits per heavy atom. The molecule has 0 spiro atoms.